The van der Waals surface area contributed by atoms with Crippen LogP contribution in [0.1, 0.15) is 72.1 Å². The van der Waals surface area contributed by atoms with E-state index in [-0.39, 0.29) is 0 Å². The molecule has 0 radical (unpaired) electrons. The summed E-state index contributed by atoms with van der Waals surface area (Å²) < 4.78 is 0. The normalized spacial score (nSPS) is 39.8. The summed E-state index contributed by atoms with van der Waals surface area (Å²) in [5.74, 6) is 0.869. The molecule has 0 aromatic rings. The van der Waals surface area contributed by atoms with Gasteiger partial charge in [0.1, 0.15) is 0 Å². The van der Waals surface area contributed by atoms with Gasteiger partial charge in [-0.15, -0.1) is 0 Å². The first kappa shape index (κ1) is 14.8. The van der Waals surface area contributed by atoms with Crippen LogP contribution >= 0.6 is 0 Å². The van der Waals surface area contributed by atoms with E-state index in [1.807, 2.05) is 0 Å². The average Bonchev–Trinajstić information content (AvgIpc) is 2.82. The third-order valence-electron chi connectivity index (χ3n) is 6.16. The predicted molar refractivity (Wildman–Crippen MR) is 86.0 cm³/mol. The smallest absolute Gasteiger partial charge is 0.0249 e. The van der Waals surface area contributed by atoms with Crippen molar-refractivity contribution in [3.8, 4) is 0 Å². The molecule has 0 aromatic carbocycles. The van der Waals surface area contributed by atoms with Crippen LogP contribution in [0.5, 0.6) is 0 Å². The third-order valence-corrected chi connectivity index (χ3v) is 6.16. The van der Waals surface area contributed by atoms with Gasteiger partial charge in [0.2, 0.25) is 0 Å². The van der Waals surface area contributed by atoms with Crippen LogP contribution in [0.25, 0.3) is 0 Å². The number of nitrogens with zero attached hydrogens (tertiary/aromatic N) is 1. The van der Waals surface area contributed by atoms with Crippen LogP contribution in [0.4, 0.5) is 0 Å². The van der Waals surface area contributed by atoms with Crippen LogP contribution in [0.3, 0.4) is 0 Å². The summed E-state index contributed by atoms with van der Waals surface area (Å²) in [7, 11) is 0. The van der Waals surface area contributed by atoms with Gasteiger partial charge in [-0.2, -0.15) is 0 Å². The molecule has 3 fully saturated rings. The Hall–Kier alpha value is -0.0800. The molecule has 1 N–H and O–H groups in total. The van der Waals surface area contributed by atoms with Gasteiger partial charge in [0.25, 0.3) is 0 Å². The monoisotopic (exact) mass is 278 g/mol. The first-order valence-electron chi connectivity index (χ1n) is 9.06. The first-order valence-corrected chi connectivity index (χ1v) is 9.06. The van der Waals surface area contributed by atoms with Crippen molar-refractivity contribution in [2.45, 2.75) is 90.3 Å². The van der Waals surface area contributed by atoms with Crippen molar-refractivity contribution < 1.29 is 0 Å². The Balaban J connectivity index is 1.63. The fraction of sp³-hybridized carbons (Fsp3) is 1.00. The van der Waals surface area contributed by atoms with Crippen LogP contribution in [0.15, 0.2) is 0 Å². The Bertz CT molecular complexity index is 320. The van der Waals surface area contributed by atoms with Crippen LogP contribution in [-0.4, -0.2) is 36.1 Å². The van der Waals surface area contributed by atoms with Crippen molar-refractivity contribution >= 4 is 0 Å². The summed E-state index contributed by atoms with van der Waals surface area (Å²) in [6.45, 7) is 10.0. The summed E-state index contributed by atoms with van der Waals surface area (Å²) in [6.07, 6.45) is 11.4. The van der Waals surface area contributed by atoms with Crippen LogP contribution in [-0.2, 0) is 0 Å². The maximum absolute atomic E-state index is 4.13. The van der Waals surface area contributed by atoms with Gasteiger partial charge in [0.15, 0.2) is 0 Å². The van der Waals surface area contributed by atoms with Gasteiger partial charge in [-0.3, -0.25) is 4.90 Å². The zero-order valence-electron chi connectivity index (χ0n) is 13.8. The lowest BCUT2D eigenvalue weighted by Crippen LogP contribution is -2.52. The second-order valence-electron chi connectivity index (χ2n) is 8.52. The maximum Gasteiger partial charge on any atom is 0.0249 e. The van der Waals surface area contributed by atoms with Gasteiger partial charge >= 0.3 is 0 Å². The molecular formula is C18H34N2. The minimum absolute atomic E-state index is 0.461. The molecule has 0 aromatic heterocycles. The van der Waals surface area contributed by atoms with Crippen molar-refractivity contribution in [3.63, 3.8) is 0 Å². The molecule has 0 amide bonds. The standard InChI is InChI=1S/C18H34N2/c1-18(2,3)14-8-4-5-9-15(14)19-16-11-13-20-12-7-6-10-17(16)20/h14-17,19H,4-13H2,1-3H3. The van der Waals surface area contributed by atoms with E-state index >= 15 is 0 Å². The van der Waals surface area contributed by atoms with Crippen LogP contribution < -0.4 is 5.32 Å². The lowest BCUT2D eigenvalue weighted by atomic mass is 9.69. The minimum atomic E-state index is 0.461. The van der Waals surface area contributed by atoms with E-state index in [0.29, 0.717) is 5.41 Å². The number of rotatable bonds is 2. The van der Waals surface area contributed by atoms with Gasteiger partial charge < -0.3 is 5.32 Å². The van der Waals surface area contributed by atoms with E-state index in [1.165, 1.54) is 64.5 Å². The van der Waals surface area contributed by atoms with Gasteiger partial charge in [0, 0.05) is 24.7 Å². The number of nitrogens with one attached hydrogen (secondary N) is 1. The topological polar surface area (TPSA) is 15.3 Å². The SMILES string of the molecule is CC(C)(C)C1CCCCC1NC1CCN2CCCCC12. The highest BCUT2D eigenvalue weighted by Gasteiger charge is 2.40. The molecule has 1 saturated carbocycles. The summed E-state index contributed by atoms with van der Waals surface area (Å²) in [5.41, 5.74) is 0.461. The lowest BCUT2D eigenvalue weighted by Gasteiger charge is -2.43. The van der Waals surface area contributed by atoms with E-state index in [0.717, 1.165) is 24.0 Å². The highest BCUT2D eigenvalue weighted by atomic mass is 15.2. The Morgan fingerprint density at radius 3 is 2.35 bits per heavy atom. The number of hydrogen-bond donors (Lipinski definition) is 1. The molecular weight excluding hydrogens is 244 g/mol. The minimum Gasteiger partial charge on any atom is -0.309 e. The zero-order valence-corrected chi connectivity index (χ0v) is 13.8. The second-order valence-corrected chi connectivity index (χ2v) is 8.52. The zero-order chi connectivity index (χ0) is 14.2. The van der Waals surface area contributed by atoms with Gasteiger partial charge in [0.05, 0.1) is 0 Å². The Morgan fingerprint density at radius 1 is 0.800 bits per heavy atom. The predicted octanol–water partition coefficient (Wildman–Crippen LogP) is 3.81. The fourth-order valence-corrected chi connectivity index (χ4v) is 5.08. The summed E-state index contributed by atoms with van der Waals surface area (Å²) in [4.78, 5) is 2.76. The molecule has 3 aliphatic rings. The summed E-state index contributed by atoms with van der Waals surface area (Å²) in [6, 6.07) is 2.41. The third kappa shape index (κ3) is 3.06. The van der Waals surface area contributed by atoms with Crippen molar-refractivity contribution in [2.24, 2.45) is 11.3 Å². The van der Waals surface area contributed by atoms with Gasteiger partial charge in [-0.25, -0.2) is 0 Å². The molecule has 1 aliphatic carbocycles. The average molecular weight is 278 g/mol. The molecule has 4 unspecified atom stereocenters. The molecule has 2 heteroatoms. The van der Waals surface area contributed by atoms with Gasteiger partial charge in [-0.1, -0.05) is 40.0 Å². The van der Waals surface area contributed by atoms with E-state index in [9.17, 15) is 0 Å². The number of piperidine rings is 1. The second kappa shape index (κ2) is 5.96. The maximum atomic E-state index is 4.13. The van der Waals surface area contributed by atoms with E-state index in [1.54, 1.807) is 0 Å². The summed E-state index contributed by atoms with van der Waals surface area (Å²) >= 11 is 0. The van der Waals surface area contributed by atoms with Crippen molar-refractivity contribution in [1.29, 1.82) is 0 Å². The van der Waals surface area contributed by atoms with Gasteiger partial charge in [-0.05, 0) is 50.0 Å². The van der Waals surface area contributed by atoms with Crippen molar-refractivity contribution in [3.05, 3.63) is 0 Å². The lowest BCUT2D eigenvalue weighted by molar-refractivity contribution is 0.109. The molecule has 0 spiro atoms. The Morgan fingerprint density at radius 2 is 1.55 bits per heavy atom. The van der Waals surface area contributed by atoms with Crippen molar-refractivity contribution in [2.75, 3.05) is 13.1 Å². The first-order chi connectivity index (χ1) is 9.55. The molecule has 2 nitrogen and oxygen atoms in total. The quantitative estimate of drug-likeness (QED) is 0.826. The molecule has 3 rings (SSSR count). The molecule has 20 heavy (non-hydrogen) atoms. The largest absolute Gasteiger partial charge is 0.309 e. The number of hydrogen-bond acceptors (Lipinski definition) is 2. The van der Waals surface area contributed by atoms with E-state index in [2.05, 4.69) is 31.0 Å². The fourth-order valence-electron chi connectivity index (χ4n) is 5.08. The number of fused-ring (bicyclic) bond motifs is 1. The van der Waals surface area contributed by atoms with E-state index < -0.39 is 0 Å². The molecule has 2 aliphatic heterocycles. The van der Waals surface area contributed by atoms with E-state index in [4.69, 9.17) is 0 Å². The van der Waals surface area contributed by atoms with Crippen LogP contribution in [0, 0.1) is 11.3 Å². The summed E-state index contributed by atoms with van der Waals surface area (Å²) in [5, 5.41) is 4.13. The highest BCUT2D eigenvalue weighted by Crippen LogP contribution is 2.39. The van der Waals surface area contributed by atoms with Crippen LogP contribution in [0.2, 0.25) is 0 Å². The molecule has 0 bridgehead atoms. The highest BCUT2D eigenvalue weighted by molar-refractivity contribution is 4.98. The molecule has 2 saturated heterocycles. The molecule has 116 valence electrons. The molecule has 4 atom stereocenters. The molecule has 2 heterocycles. The Labute approximate surface area is 125 Å². The van der Waals surface area contributed by atoms with Crippen molar-refractivity contribution in [1.82, 2.24) is 10.2 Å². The Kier molecular flexibility index (Phi) is 4.42.